The molecule has 0 aliphatic carbocycles. The van der Waals surface area contributed by atoms with Crippen LogP contribution in [0.5, 0.6) is 0 Å². The number of hydrogen-bond acceptors (Lipinski definition) is 6. The zero-order chi connectivity index (χ0) is 48.6. The molecule has 0 saturated carbocycles. The molecule has 0 radical (unpaired) electrons. The summed E-state index contributed by atoms with van der Waals surface area (Å²) in [5.74, 6) is -1.05. The molecule has 0 fully saturated rings. The summed E-state index contributed by atoms with van der Waals surface area (Å²) in [6.45, 7) is 6.19. The van der Waals surface area contributed by atoms with Crippen molar-refractivity contribution >= 4 is 17.9 Å². The van der Waals surface area contributed by atoms with Gasteiger partial charge in [-0.25, -0.2) is 0 Å². The SMILES string of the molecule is CC\C=C/C=C\C=C/C=C\C=C\C=C/C=C\CCCCCC(=O)OCC(COC(=O)CCCCC/C=C\C=C/CCCC)OC(=O)CCCCC/C=C\C/C=C\C/C=C\C/C=C\C/C=C\CC. The summed E-state index contributed by atoms with van der Waals surface area (Å²) >= 11 is 0. The highest BCUT2D eigenvalue weighted by molar-refractivity contribution is 5.71. The summed E-state index contributed by atoms with van der Waals surface area (Å²) in [7, 11) is 0. The van der Waals surface area contributed by atoms with Gasteiger partial charge in [0.05, 0.1) is 0 Å². The molecular formula is C61H90O6. The molecule has 370 valence electrons. The number of rotatable bonds is 43. The zero-order valence-corrected chi connectivity index (χ0v) is 42.1. The van der Waals surface area contributed by atoms with Gasteiger partial charge in [-0.15, -0.1) is 0 Å². The van der Waals surface area contributed by atoms with E-state index in [1.807, 2.05) is 72.9 Å². The second-order valence-electron chi connectivity index (χ2n) is 16.2. The van der Waals surface area contributed by atoms with Crippen LogP contribution in [0.15, 0.2) is 170 Å². The Balaban J connectivity index is 4.61. The molecule has 67 heavy (non-hydrogen) atoms. The minimum atomic E-state index is -0.835. The van der Waals surface area contributed by atoms with Crippen molar-refractivity contribution in [1.29, 1.82) is 0 Å². The van der Waals surface area contributed by atoms with E-state index in [0.29, 0.717) is 19.3 Å². The monoisotopic (exact) mass is 919 g/mol. The van der Waals surface area contributed by atoms with Crippen LogP contribution in [-0.2, 0) is 28.6 Å². The Morgan fingerprint density at radius 1 is 0.328 bits per heavy atom. The maximum atomic E-state index is 12.8. The molecule has 0 aliphatic heterocycles. The smallest absolute Gasteiger partial charge is 0.306 e. The lowest BCUT2D eigenvalue weighted by Gasteiger charge is -2.18. The van der Waals surface area contributed by atoms with Gasteiger partial charge in [0.1, 0.15) is 13.2 Å². The Bertz CT molecular complexity index is 1620. The molecule has 0 rings (SSSR count). The quantitative estimate of drug-likeness (QED) is 0.0199. The minimum Gasteiger partial charge on any atom is -0.462 e. The number of unbranched alkanes of at least 4 members (excludes halogenated alkanes) is 11. The van der Waals surface area contributed by atoms with Gasteiger partial charge < -0.3 is 14.2 Å². The van der Waals surface area contributed by atoms with E-state index in [1.54, 1.807) is 0 Å². The van der Waals surface area contributed by atoms with Gasteiger partial charge in [0.25, 0.3) is 0 Å². The first-order chi connectivity index (χ1) is 33.0. The van der Waals surface area contributed by atoms with Gasteiger partial charge in [0, 0.05) is 19.3 Å². The maximum absolute atomic E-state index is 12.8. The Kier molecular flexibility index (Phi) is 49.2. The molecular weight excluding hydrogens is 829 g/mol. The van der Waals surface area contributed by atoms with Gasteiger partial charge in [-0.3, -0.25) is 14.4 Å². The Morgan fingerprint density at radius 3 is 1.07 bits per heavy atom. The van der Waals surface area contributed by atoms with Crippen molar-refractivity contribution in [2.75, 3.05) is 13.2 Å². The topological polar surface area (TPSA) is 78.9 Å². The fourth-order valence-electron chi connectivity index (χ4n) is 6.07. The van der Waals surface area contributed by atoms with Crippen LogP contribution < -0.4 is 0 Å². The van der Waals surface area contributed by atoms with Crippen LogP contribution in [-0.4, -0.2) is 37.2 Å². The first-order valence-corrected chi connectivity index (χ1v) is 25.8. The second kappa shape index (κ2) is 53.4. The van der Waals surface area contributed by atoms with Gasteiger partial charge in [-0.1, -0.05) is 223 Å². The van der Waals surface area contributed by atoms with Crippen molar-refractivity contribution in [1.82, 2.24) is 0 Å². The van der Waals surface area contributed by atoms with Crippen molar-refractivity contribution < 1.29 is 28.6 Å². The van der Waals surface area contributed by atoms with E-state index in [4.69, 9.17) is 14.2 Å². The molecule has 6 nitrogen and oxygen atoms in total. The van der Waals surface area contributed by atoms with Crippen molar-refractivity contribution in [3.8, 4) is 0 Å². The van der Waals surface area contributed by atoms with Crippen LogP contribution in [0.1, 0.15) is 175 Å². The van der Waals surface area contributed by atoms with Crippen molar-refractivity contribution in [3.63, 3.8) is 0 Å². The van der Waals surface area contributed by atoms with Crippen molar-refractivity contribution in [2.24, 2.45) is 0 Å². The number of carbonyl (C=O) groups excluding carboxylic acids is 3. The third kappa shape index (κ3) is 51.6. The number of ether oxygens (including phenoxy) is 3. The number of esters is 3. The standard InChI is InChI=1S/C61H90O6/c1-4-7-10-13-16-19-22-24-26-28-30-32-34-36-39-42-45-48-51-54-60(63)66-57-58(56-65-59(62)53-50-47-44-41-38-21-18-15-12-9-6-3)67-61(64)55-52-49-46-43-40-37-35-33-31-29-27-25-23-20-17-14-11-8-5-2/h7-8,10-11,13,15-22,24-28,30-34,36-40,58H,4-6,9,12,14,23,29,35,41-57H2,1-3H3/b10-7-,11-8-,16-13-,18-15-,20-17-,22-19-,26-24-,27-25-,30-28+,33-31-,34-32-,38-21-,39-36-,40-37-. The maximum Gasteiger partial charge on any atom is 0.306 e. The van der Waals surface area contributed by atoms with Gasteiger partial charge in [0.15, 0.2) is 6.10 Å². The van der Waals surface area contributed by atoms with E-state index in [0.717, 1.165) is 109 Å². The van der Waals surface area contributed by atoms with E-state index in [9.17, 15) is 14.4 Å². The van der Waals surface area contributed by atoms with E-state index in [2.05, 4.69) is 118 Å². The molecule has 0 amide bonds. The van der Waals surface area contributed by atoms with Crippen molar-refractivity contribution in [3.05, 3.63) is 170 Å². The third-order valence-electron chi connectivity index (χ3n) is 9.91. The molecule has 1 atom stereocenters. The first-order valence-electron chi connectivity index (χ1n) is 25.8. The summed E-state index contributed by atoms with van der Waals surface area (Å²) < 4.78 is 16.7. The zero-order valence-electron chi connectivity index (χ0n) is 42.1. The molecule has 0 aliphatic rings. The lowest BCUT2D eigenvalue weighted by Crippen LogP contribution is -2.30. The molecule has 6 heteroatoms. The molecule has 0 aromatic carbocycles. The Hall–Kier alpha value is -5.23. The normalized spacial score (nSPS) is 13.5. The average Bonchev–Trinajstić information content (AvgIpc) is 3.33. The Labute approximate surface area is 409 Å². The van der Waals surface area contributed by atoms with Gasteiger partial charge in [-0.05, 0) is 103 Å². The first kappa shape index (κ1) is 61.8. The van der Waals surface area contributed by atoms with E-state index >= 15 is 0 Å². The summed E-state index contributed by atoms with van der Waals surface area (Å²) in [5.41, 5.74) is 0. The lowest BCUT2D eigenvalue weighted by molar-refractivity contribution is -0.167. The largest absolute Gasteiger partial charge is 0.462 e. The van der Waals surface area contributed by atoms with Gasteiger partial charge in [0.2, 0.25) is 0 Å². The van der Waals surface area contributed by atoms with Gasteiger partial charge >= 0.3 is 17.9 Å². The van der Waals surface area contributed by atoms with Crippen LogP contribution in [0.3, 0.4) is 0 Å². The van der Waals surface area contributed by atoms with E-state index in [-0.39, 0.29) is 44.0 Å². The van der Waals surface area contributed by atoms with Crippen molar-refractivity contribution in [2.45, 2.75) is 181 Å². The van der Waals surface area contributed by atoms with Crippen LogP contribution in [0.2, 0.25) is 0 Å². The summed E-state index contributed by atoms with van der Waals surface area (Å²) in [6, 6.07) is 0. The predicted octanol–water partition coefficient (Wildman–Crippen LogP) is 17.2. The van der Waals surface area contributed by atoms with Crippen LogP contribution >= 0.6 is 0 Å². The molecule has 0 aromatic heterocycles. The molecule has 0 aromatic rings. The third-order valence-corrected chi connectivity index (χ3v) is 9.91. The van der Waals surface area contributed by atoms with Crippen LogP contribution in [0.25, 0.3) is 0 Å². The number of carbonyl (C=O) groups is 3. The molecule has 0 saturated heterocycles. The molecule has 1 unspecified atom stereocenters. The fraction of sp³-hybridized carbons (Fsp3) is 0.492. The predicted molar refractivity (Wildman–Crippen MR) is 288 cm³/mol. The number of hydrogen-bond donors (Lipinski definition) is 0. The summed E-state index contributed by atoms with van der Waals surface area (Å²) in [5, 5.41) is 0. The molecule has 0 heterocycles. The van der Waals surface area contributed by atoms with E-state index < -0.39 is 6.10 Å². The highest BCUT2D eigenvalue weighted by atomic mass is 16.6. The summed E-state index contributed by atoms with van der Waals surface area (Å²) in [4.78, 5) is 38.0. The number of allylic oxidation sites excluding steroid dienone is 28. The fourth-order valence-corrected chi connectivity index (χ4v) is 6.07. The summed E-state index contributed by atoms with van der Waals surface area (Å²) in [6.07, 6.45) is 79.0. The molecule has 0 N–H and O–H groups in total. The average molecular weight is 919 g/mol. The highest BCUT2D eigenvalue weighted by Gasteiger charge is 2.19. The van der Waals surface area contributed by atoms with E-state index in [1.165, 1.54) is 12.8 Å². The molecule has 0 bridgehead atoms. The van der Waals surface area contributed by atoms with Gasteiger partial charge in [-0.2, -0.15) is 0 Å². The highest BCUT2D eigenvalue weighted by Crippen LogP contribution is 2.11. The van der Waals surface area contributed by atoms with Crippen LogP contribution in [0.4, 0.5) is 0 Å². The molecule has 0 spiro atoms. The van der Waals surface area contributed by atoms with Crippen LogP contribution in [0, 0.1) is 0 Å². The Morgan fingerprint density at radius 2 is 0.657 bits per heavy atom. The lowest BCUT2D eigenvalue weighted by atomic mass is 10.1. The minimum absolute atomic E-state index is 0.130. The second-order valence-corrected chi connectivity index (χ2v) is 16.2.